The van der Waals surface area contributed by atoms with Crippen molar-refractivity contribution in [1.82, 2.24) is 9.55 Å². The lowest BCUT2D eigenvalue weighted by Gasteiger charge is -2.07. The van der Waals surface area contributed by atoms with Gasteiger partial charge in [0.25, 0.3) is 5.56 Å². The molecule has 140 valence electrons. The second-order valence-electron chi connectivity index (χ2n) is 5.69. The van der Waals surface area contributed by atoms with Crippen molar-refractivity contribution in [3.05, 3.63) is 57.2 Å². The minimum Gasteiger partial charge on any atom is -0.462 e. The molecule has 9 heteroatoms. The van der Waals surface area contributed by atoms with E-state index in [9.17, 15) is 18.8 Å². The molecule has 0 radical (unpaired) electrons. The molecular weight excluding hydrogens is 373 g/mol. The van der Waals surface area contributed by atoms with Gasteiger partial charge in [-0.3, -0.25) is 14.2 Å². The summed E-state index contributed by atoms with van der Waals surface area (Å²) in [7, 11) is 0. The number of esters is 1. The van der Waals surface area contributed by atoms with E-state index in [1.807, 2.05) is 0 Å². The predicted molar refractivity (Wildman–Crippen MR) is 99.6 cm³/mol. The quantitative estimate of drug-likeness (QED) is 0.678. The zero-order valence-corrected chi connectivity index (χ0v) is 15.4. The Kier molecular flexibility index (Phi) is 5.31. The van der Waals surface area contributed by atoms with Gasteiger partial charge in [0, 0.05) is 5.69 Å². The van der Waals surface area contributed by atoms with E-state index >= 15 is 0 Å². The van der Waals surface area contributed by atoms with Crippen molar-refractivity contribution in [3.8, 4) is 0 Å². The number of thiophene rings is 1. The second kappa shape index (κ2) is 7.67. The summed E-state index contributed by atoms with van der Waals surface area (Å²) in [4.78, 5) is 41.8. The van der Waals surface area contributed by atoms with Crippen molar-refractivity contribution in [2.24, 2.45) is 0 Å². The Labute approximate surface area is 157 Å². The summed E-state index contributed by atoms with van der Waals surface area (Å²) < 4.78 is 19.3. The Balaban J connectivity index is 1.88. The van der Waals surface area contributed by atoms with E-state index in [1.54, 1.807) is 19.9 Å². The first-order valence-corrected chi connectivity index (χ1v) is 8.93. The summed E-state index contributed by atoms with van der Waals surface area (Å²) in [6.07, 6.45) is 1.25. The van der Waals surface area contributed by atoms with Gasteiger partial charge in [-0.2, -0.15) is 0 Å². The molecule has 1 amide bonds. The summed E-state index contributed by atoms with van der Waals surface area (Å²) in [5.41, 5.74) is 0.336. The molecule has 3 aromatic rings. The van der Waals surface area contributed by atoms with Gasteiger partial charge < -0.3 is 10.1 Å². The van der Waals surface area contributed by atoms with E-state index in [0.29, 0.717) is 21.0 Å². The van der Waals surface area contributed by atoms with Crippen LogP contribution in [0.25, 0.3) is 10.2 Å². The van der Waals surface area contributed by atoms with Crippen LogP contribution in [0.2, 0.25) is 0 Å². The minimum atomic E-state index is -0.507. The van der Waals surface area contributed by atoms with Crippen LogP contribution in [0.4, 0.5) is 10.1 Å². The Hall–Kier alpha value is -3.07. The zero-order valence-electron chi connectivity index (χ0n) is 14.6. The van der Waals surface area contributed by atoms with E-state index in [2.05, 4.69) is 10.3 Å². The molecule has 0 bridgehead atoms. The molecule has 3 rings (SSSR count). The zero-order chi connectivity index (χ0) is 19.6. The van der Waals surface area contributed by atoms with Gasteiger partial charge in [-0.1, -0.05) is 6.07 Å². The Bertz CT molecular complexity index is 1090. The molecule has 0 saturated heterocycles. The van der Waals surface area contributed by atoms with Crippen LogP contribution in [-0.4, -0.2) is 28.0 Å². The summed E-state index contributed by atoms with van der Waals surface area (Å²) in [5, 5.41) is 2.80. The number of aryl methyl sites for hydroxylation is 1. The van der Waals surface area contributed by atoms with Gasteiger partial charge in [0.05, 0.1) is 18.3 Å². The van der Waals surface area contributed by atoms with Crippen molar-refractivity contribution in [3.63, 3.8) is 0 Å². The van der Waals surface area contributed by atoms with Crippen molar-refractivity contribution in [2.45, 2.75) is 20.4 Å². The second-order valence-corrected chi connectivity index (χ2v) is 6.69. The third kappa shape index (κ3) is 3.87. The van der Waals surface area contributed by atoms with Crippen LogP contribution in [0.15, 0.2) is 35.4 Å². The lowest BCUT2D eigenvalue weighted by atomic mass is 10.2. The standard InChI is InChI=1S/C18H16FN3O4S/c1-3-26-18(25)15-10(2)14-16(27-15)20-9-22(17(14)24)8-13(23)21-12-6-4-5-11(19)7-12/h4-7,9H,3,8H2,1-2H3,(H,21,23). The van der Waals surface area contributed by atoms with Crippen molar-refractivity contribution < 1.29 is 18.7 Å². The topological polar surface area (TPSA) is 90.3 Å². The Morgan fingerprint density at radius 2 is 2.15 bits per heavy atom. The number of ether oxygens (including phenoxy) is 1. The smallest absolute Gasteiger partial charge is 0.348 e. The predicted octanol–water partition coefficient (Wildman–Crippen LogP) is 2.72. The number of nitrogens with one attached hydrogen (secondary N) is 1. The molecule has 0 aliphatic rings. The number of nitrogens with zero attached hydrogens (tertiary/aromatic N) is 2. The molecule has 0 unspecified atom stereocenters. The van der Waals surface area contributed by atoms with Crippen LogP contribution in [0.5, 0.6) is 0 Å². The van der Waals surface area contributed by atoms with Gasteiger partial charge >= 0.3 is 5.97 Å². The van der Waals surface area contributed by atoms with Gasteiger partial charge in [-0.15, -0.1) is 11.3 Å². The number of fused-ring (bicyclic) bond motifs is 1. The van der Waals surface area contributed by atoms with E-state index in [0.717, 1.165) is 15.9 Å². The summed E-state index contributed by atoms with van der Waals surface area (Å²) in [6, 6.07) is 5.45. The number of aromatic nitrogens is 2. The fraction of sp³-hybridized carbons (Fsp3) is 0.222. The highest BCUT2D eigenvalue weighted by Gasteiger charge is 2.20. The van der Waals surface area contributed by atoms with Crippen LogP contribution in [-0.2, 0) is 16.1 Å². The number of hydrogen-bond donors (Lipinski definition) is 1. The van der Waals surface area contributed by atoms with Gasteiger partial charge in [0.2, 0.25) is 5.91 Å². The van der Waals surface area contributed by atoms with Crippen LogP contribution in [0.3, 0.4) is 0 Å². The highest BCUT2D eigenvalue weighted by atomic mass is 32.1. The maximum absolute atomic E-state index is 13.2. The number of anilines is 1. The molecule has 0 aliphatic heterocycles. The monoisotopic (exact) mass is 389 g/mol. The van der Waals surface area contributed by atoms with Crippen molar-refractivity contribution in [1.29, 1.82) is 0 Å². The fourth-order valence-corrected chi connectivity index (χ4v) is 3.62. The molecule has 1 N–H and O–H groups in total. The van der Waals surface area contributed by atoms with Crippen LogP contribution in [0, 0.1) is 12.7 Å². The summed E-state index contributed by atoms with van der Waals surface area (Å²) in [6.45, 7) is 3.28. The van der Waals surface area contributed by atoms with Crippen molar-refractivity contribution >= 4 is 39.1 Å². The molecule has 0 fully saturated rings. The molecule has 0 saturated carbocycles. The van der Waals surface area contributed by atoms with Crippen LogP contribution in [0.1, 0.15) is 22.2 Å². The highest BCUT2D eigenvalue weighted by molar-refractivity contribution is 7.20. The average Bonchev–Trinajstić information content (AvgIpc) is 2.95. The number of carbonyl (C=O) groups excluding carboxylic acids is 2. The van der Waals surface area contributed by atoms with E-state index < -0.39 is 23.3 Å². The molecule has 2 heterocycles. The molecule has 27 heavy (non-hydrogen) atoms. The summed E-state index contributed by atoms with van der Waals surface area (Å²) >= 11 is 1.08. The van der Waals surface area contributed by atoms with Gasteiger partial charge in [0.1, 0.15) is 22.1 Å². The normalized spacial score (nSPS) is 10.8. The van der Waals surface area contributed by atoms with Gasteiger partial charge in [0.15, 0.2) is 0 Å². The molecule has 0 aliphatic carbocycles. The molecular formula is C18H16FN3O4S. The SMILES string of the molecule is CCOC(=O)c1sc2ncn(CC(=O)Nc3cccc(F)c3)c(=O)c2c1C. The number of benzene rings is 1. The number of carbonyl (C=O) groups is 2. The Morgan fingerprint density at radius 3 is 2.85 bits per heavy atom. The van der Waals surface area contributed by atoms with Gasteiger partial charge in [-0.25, -0.2) is 14.2 Å². The van der Waals surface area contributed by atoms with Crippen LogP contribution >= 0.6 is 11.3 Å². The maximum atomic E-state index is 13.2. The molecule has 0 atom stereocenters. The first kappa shape index (κ1) is 18.7. The largest absolute Gasteiger partial charge is 0.462 e. The first-order chi connectivity index (χ1) is 12.9. The number of halogens is 1. The van der Waals surface area contributed by atoms with Gasteiger partial charge in [-0.05, 0) is 37.6 Å². The lowest BCUT2D eigenvalue weighted by Crippen LogP contribution is -2.27. The molecule has 2 aromatic heterocycles. The van der Waals surface area contributed by atoms with E-state index in [1.165, 1.54) is 24.5 Å². The first-order valence-electron chi connectivity index (χ1n) is 8.11. The lowest BCUT2D eigenvalue weighted by molar-refractivity contribution is -0.116. The van der Waals surface area contributed by atoms with E-state index in [4.69, 9.17) is 4.74 Å². The number of hydrogen-bond acceptors (Lipinski definition) is 6. The minimum absolute atomic E-state index is 0.227. The average molecular weight is 389 g/mol. The molecule has 0 spiro atoms. The van der Waals surface area contributed by atoms with Crippen LogP contribution < -0.4 is 10.9 Å². The molecule has 7 nitrogen and oxygen atoms in total. The molecule has 1 aromatic carbocycles. The van der Waals surface area contributed by atoms with E-state index in [-0.39, 0.29) is 18.5 Å². The van der Waals surface area contributed by atoms with Crippen molar-refractivity contribution in [2.75, 3.05) is 11.9 Å². The maximum Gasteiger partial charge on any atom is 0.348 e. The highest BCUT2D eigenvalue weighted by Crippen LogP contribution is 2.27. The number of rotatable bonds is 5. The summed E-state index contributed by atoms with van der Waals surface area (Å²) in [5.74, 6) is -1.48. The number of amides is 1. The third-order valence-corrected chi connectivity index (χ3v) is 4.98. The Morgan fingerprint density at radius 1 is 1.37 bits per heavy atom. The fourth-order valence-electron chi connectivity index (χ4n) is 2.58. The third-order valence-electron chi connectivity index (χ3n) is 3.80.